The molecule has 0 saturated carbocycles. The molecule has 5 heteroatoms. The highest BCUT2D eigenvalue weighted by Gasteiger charge is 2.25. The molecule has 0 bridgehead atoms. The van der Waals surface area contributed by atoms with Crippen LogP contribution in [-0.2, 0) is 17.6 Å². The minimum atomic E-state index is 0.116. The molecule has 3 N–H and O–H groups in total. The Bertz CT molecular complexity index is 543. The molecule has 0 aromatic carbocycles. The molecule has 1 atom stereocenters. The highest BCUT2D eigenvalue weighted by Crippen LogP contribution is 2.28. The Morgan fingerprint density at radius 2 is 2.29 bits per heavy atom. The van der Waals surface area contributed by atoms with Gasteiger partial charge in [0.1, 0.15) is 11.7 Å². The first kappa shape index (κ1) is 14.3. The van der Waals surface area contributed by atoms with E-state index in [2.05, 4.69) is 17.9 Å². The molecule has 1 saturated heterocycles. The number of nitrogens with one attached hydrogen (secondary N) is 1. The van der Waals surface area contributed by atoms with E-state index in [-0.39, 0.29) is 11.9 Å². The van der Waals surface area contributed by atoms with Gasteiger partial charge >= 0.3 is 0 Å². The van der Waals surface area contributed by atoms with E-state index in [1.807, 2.05) is 0 Å². The van der Waals surface area contributed by atoms with Gasteiger partial charge in [0.25, 0.3) is 0 Å². The molecule has 1 unspecified atom stereocenters. The molecule has 2 aliphatic rings. The van der Waals surface area contributed by atoms with Gasteiger partial charge in [0.15, 0.2) is 0 Å². The summed E-state index contributed by atoms with van der Waals surface area (Å²) >= 11 is 0. The molecule has 1 fully saturated rings. The molecule has 1 aromatic heterocycles. The molecule has 0 amide bonds. The van der Waals surface area contributed by atoms with Gasteiger partial charge in [0.05, 0.1) is 18.3 Å². The van der Waals surface area contributed by atoms with Gasteiger partial charge in [-0.2, -0.15) is 0 Å². The van der Waals surface area contributed by atoms with E-state index in [9.17, 15) is 0 Å². The van der Waals surface area contributed by atoms with E-state index in [1.165, 1.54) is 24.1 Å². The van der Waals surface area contributed by atoms with Crippen LogP contribution in [0, 0.1) is 5.41 Å². The molecule has 1 aliphatic carbocycles. The van der Waals surface area contributed by atoms with Crippen molar-refractivity contribution in [2.45, 2.75) is 45.1 Å². The van der Waals surface area contributed by atoms with Crippen LogP contribution < -0.4 is 10.6 Å². The molecule has 114 valence electrons. The Labute approximate surface area is 126 Å². The predicted octanol–water partition coefficient (Wildman–Crippen LogP) is 1.86. The number of hydrogen-bond acceptors (Lipinski definition) is 4. The van der Waals surface area contributed by atoms with Crippen LogP contribution >= 0.6 is 0 Å². The third-order valence-electron chi connectivity index (χ3n) is 4.46. The summed E-state index contributed by atoms with van der Waals surface area (Å²) in [5.74, 6) is 0.996. The zero-order valence-corrected chi connectivity index (χ0v) is 12.7. The van der Waals surface area contributed by atoms with Crippen molar-refractivity contribution in [3.63, 3.8) is 0 Å². The van der Waals surface area contributed by atoms with Crippen LogP contribution in [0.3, 0.4) is 0 Å². The fourth-order valence-electron chi connectivity index (χ4n) is 3.22. The average Bonchev–Trinajstić information content (AvgIpc) is 2.53. The number of morpholine rings is 1. The smallest absolute Gasteiger partial charge is 0.140 e. The molecule has 1 aromatic rings. The zero-order chi connectivity index (χ0) is 14.8. The Balaban J connectivity index is 1.97. The van der Waals surface area contributed by atoms with Gasteiger partial charge in [0.2, 0.25) is 0 Å². The van der Waals surface area contributed by atoms with E-state index >= 15 is 0 Å². The lowest BCUT2D eigenvalue weighted by Crippen LogP contribution is -2.43. The molecular formula is C16H24N4O. The number of hydrogen-bond donors (Lipinski definition) is 2. The van der Waals surface area contributed by atoms with Crippen molar-refractivity contribution < 1.29 is 4.74 Å². The maximum atomic E-state index is 7.89. The molecule has 5 nitrogen and oxygen atoms in total. The summed E-state index contributed by atoms with van der Waals surface area (Å²) in [4.78, 5) is 7.12. The number of nitrogens with zero attached hydrogens (tertiary/aromatic N) is 2. The van der Waals surface area contributed by atoms with Gasteiger partial charge in [-0.1, -0.05) is 6.92 Å². The van der Waals surface area contributed by atoms with Crippen molar-refractivity contribution in [2.24, 2.45) is 5.73 Å². The van der Waals surface area contributed by atoms with Crippen LogP contribution in [0.1, 0.15) is 43.0 Å². The normalized spacial score (nSPS) is 22.0. The maximum Gasteiger partial charge on any atom is 0.140 e. The van der Waals surface area contributed by atoms with E-state index < -0.39 is 0 Å². The molecule has 21 heavy (non-hydrogen) atoms. The van der Waals surface area contributed by atoms with Gasteiger partial charge in [-0.25, -0.2) is 4.98 Å². The number of pyridine rings is 1. The number of amidine groups is 1. The minimum Gasteiger partial charge on any atom is -0.384 e. The minimum absolute atomic E-state index is 0.116. The first-order chi connectivity index (χ1) is 10.2. The number of aryl methyl sites for hydroxylation is 2. The molecule has 1 aliphatic heterocycles. The fraction of sp³-hybridized carbons (Fsp3) is 0.625. The van der Waals surface area contributed by atoms with Gasteiger partial charge < -0.3 is 15.4 Å². The SMILES string of the molecule is CCC1CN(c2nc3c(cc2C(=N)N)CCCC3)CCO1. The van der Waals surface area contributed by atoms with Gasteiger partial charge in [-0.15, -0.1) is 0 Å². The second-order valence-electron chi connectivity index (χ2n) is 5.93. The summed E-state index contributed by atoms with van der Waals surface area (Å²) in [6.07, 6.45) is 5.76. The maximum absolute atomic E-state index is 7.89. The van der Waals surface area contributed by atoms with Crippen molar-refractivity contribution in [1.82, 2.24) is 4.98 Å². The van der Waals surface area contributed by atoms with Gasteiger partial charge in [-0.05, 0) is 43.7 Å². The van der Waals surface area contributed by atoms with E-state index in [0.717, 1.165) is 43.7 Å². The Morgan fingerprint density at radius 3 is 3.05 bits per heavy atom. The number of rotatable bonds is 3. The molecule has 3 rings (SSSR count). The number of ether oxygens (including phenoxy) is 1. The van der Waals surface area contributed by atoms with Crippen molar-refractivity contribution in [1.29, 1.82) is 5.41 Å². The summed E-state index contributed by atoms with van der Waals surface area (Å²) in [6.45, 7) is 4.51. The third kappa shape index (κ3) is 2.88. The number of nitrogens with two attached hydrogens (primary N) is 1. The highest BCUT2D eigenvalue weighted by atomic mass is 16.5. The largest absolute Gasteiger partial charge is 0.384 e. The van der Waals surface area contributed by atoms with Crippen LogP contribution in [0.5, 0.6) is 0 Å². The highest BCUT2D eigenvalue weighted by molar-refractivity contribution is 6.00. The van der Waals surface area contributed by atoms with E-state index in [0.29, 0.717) is 6.61 Å². The molecular weight excluding hydrogens is 264 g/mol. The lowest BCUT2D eigenvalue weighted by Gasteiger charge is -2.35. The van der Waals surface area contributed by atoms with Crippen LogP contribution in [0.4, 0.5) is 5.82 Å². The van der Waals surface area contributed by atoms with Crippen molar-refractivity contribution in [3.05, 3.63) is 22.9 Å². The summed E-state index contributed by atoms with van der Waals surface area (Å²) in [5.41, 5.74) is 9.06. The van der Waals surface area contributed by atoms with E-state index in [4.69, 9.17) is 20.9 Å². The molecule has 0 spiro atoms. The average molecular weight is 288 g/mol. The third-order valence-corrected chi connectivity index (χ3v) is 4.46. The summed E-state index contributed by atoms with van der Waals surface area (Å²) in [6, 6.07) is 2.09. The predicted molar refractivity (Wildman–Crippen MR) is 84.1 cm³/mol. The standard InChI is InChI=1S/C16H24N4O/c1-2-12-10-20(7-8-21-12)16-13(15(17)18)9-11-5-3-4-6-14(11)19-16/h9,12H,2-8,10H2,1H3,(H3,17,18). The van der Waals surface area contributed by atoms with Gasteiger partial charge in [0, 0.05) is 18.8 Å². The van der Waals surface area contributed by atoms with Crippen molar-refractivity contribution >= 4 is 11.7 Å². The summed E-state index contributed by atoms with van der Waals surface area (Å²) in [5, 5.41) is 7.89. The van der Waals surface area contributed by atoms with Crippen molar-refractivity contribution in [2.75, 3.05) is 24.6 Å². The monoisotopic (exact) mass is 288 g/mol. The Hall–Kier alpha value is -1.62. The summed E-state index contributed by atoms with van der Waals surface area (Å²) in [7, 11) is 0. The first-order valence-corrected chi connectivity index (χ1v) is 7.92. The quantitative estimate of drug-likeness (QED) is 0.657. The van der Waals surface area contributed by atoms with Crippen LogP contribution in [0.2, 0.25) is 0 Å². The van der Waals surface area contributed by atoms with E-state index in [1.54, 1.807) is 0 Å². The second-order valence-corrected chi connectivity index (χ2v) is 5.93. The lowest BCUT2D eigenvalue weighted by atomic mass is 9.94. The Morgan fingerprint density at radius 1 is 1.48 bits per heavy atom. The topological polar surface area (TPSA) is 75.2 Å². The summed E-state index contributed by atoms with van der Waals surface area (Å²) < 4.78 is 5.74. The van der Waals surface area contributed by atoms with Crippen molar-refractivity contribution in [3.8, 4) is 0 Å². The zero-order valence-electron chi connectivity index (χ0n) is 12.7. The number of nitrogen functional groups attached to an aromatic ring is 1. The van der Waals surface area contributed by atoms with Crippen LogP contribution in [-0.4, -0.2) is 36.6 Å². The molecule has 0 radical (unpaired) electrons. The van der Waals surface area contributed by atoms with Crippen LogP contribution in [0.25, 0.3) is 0 Å². The Kier molecular flexibility index (Phi) is 4.10. The lowest BCUT2D eigenvalue weighted by molar-refractivity contribution is 0.0381. The first-order valence-electron chi connectivity index (χ1n) is 7.92. The van der Waals surface area contributed by atoms with Gasteiger partial charge in [-0.3, -0.25) is 5.41 Å². The number of aromatic nitrogens is 1. The number of anilines is 1. The number of fused-ring (bicyclic) bond motifs is 1. The fourth-order valence-corrected chi connectivity index (χ4v) is 3.22. The second kappa shape index (κ2) is 6.02. The molecule has 2 heterocycles. The van der Waals surface area contributed by atoms with Crippen LogP contribution in [0.15, 0.2) is 6.07 Å².